The lowest BCUT2D eigenvalue weighted by atomic mass is 10.1. The van der Waals surface area contributed by atoms with Gasteiger partial charge in [-0.05, 0) is 31.0 Å². The van der Waals surface area contributed by atoms with Crippen LogP contribution < -0.4 is 10.1 Å². The van der Waals surface area contributed by atoms with Gasteiger partial charge >= 0.3 is 0 Å². The first-order valence-electron chi connectivity index (χ1n) is 5.31. The number of aromatic nitrogens is 1. The highest BCUT2D eigenvalue weighted by molar-refractivity contribution is 5.85. The van der Waals surface area contributed by atoms with Gasteiger partial charge in [-0.25, -0.2) is 0 Å². The van der Waals surface area contributed by atoms with Crippen LogP contribution in [0.2, 0.25) is 0 Å². The normalized spacial score (nSPS) is 24.2. The zero-order chi connectivity index (χ0) is 10.9. The predicted octanol–water partition coefficient (Wildman–Crippen LogP) is 2.69. The molecule has 1 fully saturated rings. The molecule has 3 nitrogen and oxygen atoms in total. The van der Waals surface area contributed by atoms with E-state index in [0.29, 0.717) is 12.0 Å². The highest BCUT2D eigenvalue weighted by atomic mass is 35.5. The fourth-order valence-electron chi connectivity index (χ4n) is 2.09. The van der Waals surface area contributed by atoms with Crippen molar-refractivity contribution in [2.24, 2.45) is 5.41 Å². The monoisotopic (exact) mass is 278 g/mol. The van der Waals surface area contributed by atoms with E-state index in [0.717, 1.165) is 12.2 Å². The van der Waals surface area contributed by atoms with Crippen molar-refractivity contribution in [1.82, 2.24) is 10.3 Å². The van der Waals surface area contributed by atoms with E-state index in [9.17, 15) is 0 Å². The molecule has 1 aromatic rings. The number of halogens is 2. The minimum atomic E-state index is 0. The molecule has 0 aromatic carbocycles. The van der Waals surface area contributed by atoms with E-state index in [-0.39, 0.29) is 30.4 Å². The second kappa shape index (κ2) is 5.89. The summed E-state index contributed by atoms with van der Waals surface area (Å²) < 4.78 is 5.73. The summed E-state index contributed by atoms with van der Waals surface area (Å²) in [5, 5.41) is 3.37. The van der Waals surface area contributed by atoms with Crippen molar-refractivity contribution in [3.8, 4) is 5.75 Å². The zero-order valence-corrected chi connectivity index (χ0v) is 12.0. The van der Waals surface area contributed by atoms with Crippen LogP contribution in [-0.4, -0.2) is 24.2 Å². The van der Waals surface area contributed by atoms with Crippen LogP contribution in [0.4, 0.5) is 0 Å². The molecule has 1 aliphatic carbocycles. The summed E-state index contributed by atoms with van der Waals surface area (Å²) in [5.74, 6) is 0.842. The number of hydrogen-bond acceptors (Lipinski definition) is 3. The molecule has 1 heterocycles. The third-order valence-electron chi connectivity index (χ3n) is 3.51. The maximum Gasteiger partial charge on any atom is 0.137 e. The molecule has 0 spiro atoms. The Hall–Kier alpha value is -0.510. The summed E-state index contributed by atoms with van der Waals surface area (Å²) in [6, 6.07) is 3.82. The van der Waals surface area contributed by atoms with E-state index in [1.807, 2.05) is 19.2 Å². The largest absolute Gasteiger partial charge is 0.490 e. The maximum atomic E-state index is 5.73. The molecule has 0 bridgehead atoms. The minimum Gasteiger partial charge on any atom is -0.490 e. The molecule has 1 aromatic heterocycles. The van der Waals surface area contributed by atoms with Crippen molar-refractivity contribution in [2.45, 2.75) is 25.8 Å². The number of hydrogen-bond donors (Lipinski definition) is 1. The van der Waals surface area contributed by atoms with E-state index >= 15 is 0 Å². The lowest BCUT2D eigenvalue weighted by Crippen LogP contribution is -2.38. The fourth-order valence-corrected chi connectivity index (χ4v) is 2.09. The average molecular weight is 279 g/mol. The van der Waals surface area contributed by atoms with E-state index in [1.54, 1.807) is 12.4 Å². The van der Waals surface area contributed by atoms with Gasteiger partial charge in [0.05, 0.1) is 11.7 Å². The summed E-state index contributed by atoms with van der Waals surface area (Å²) >= 11 is 0. The average Bonchev–Trinajstić information content (AvgIpc) is 2.80. The lowest BCUT2D eigenvalue weighted by Gasteiger charge is -2.20. The minimum absolute atomic E-state index is 0. The quantitative estimate of drug-likeness (QED) is 0.920. The highest BCUT2D eigenvalue weighted by Gasteiger charge is 2.60. The molecule has 1 saturated carbocycles. The third-order valence-corrected chi connectivity index (χ3v) is 3.51. The van der Waals surface area contributed by atoms with Gasteiger partial charge in [-0.15, -0.1) is 24.8 Å². The molecule has 0 aliphatic heterocycles. The lowest BCUT2D eigenvalue weighted by molar-refractivity contribution is 0.231. The van der Waals surface area contributed by atoms with Crippen LogP contribution in [0.25, 0.3) is 0 Å². The van der Waals surface area contributed by atoms with Crippen LogP contribution in [-0.2, 0) is 0 Å². The van der Waals surface area contributed by atoms with Crippen molar-refractivity contribution in [2.75, 3.05) is 13.7 Å². The van der Waals surface area contributed by atoms with Gasteiger partial charge in [0.15, 0.2) is 0 Å². The Morgan fingerprint density at radius 1 is 1.41 bits per heavy atom. The Kier molecular flexibility index (Phi) is 5.72. The van der Waals surface area contributed by atoms with Gasteiger partial charge in [-0.3, -0.25) is 4.98 Å². The smallest absolute Gasteiger partial charge is 0.137 e. The summed E-state index contributed by atoms with van der Waals surface area (Å²) in [5.41, 5.74) is 0.479. The molecular formula is C12H20Cl2N2O. The molecule has 98 valence electrons. The number of ether oxygens (including phenoxy) is 1. The van der Waals surface area contributed by atoms with Gasteiger partial charge < -0.3 is 10.1 Å². The molecule has 1 N–H and O–H groups in total. The van der Waals surface area contributed by atoms with Crippen LogP contribution in [0, 0.1) is 5.41 Å². The molecule has 1 aliphatic rings. The number of nitrogens with one attached hydrogen (secondary N) is 1. The Morgan fingerprint density at radius 3 is 2.47 bits per heavy atom. The molecule has 0 saturated heterocycles. The van der Waals surface area contributed by atoms with Crippen LogP contribution >= 0.6 is 24.8 Å². The van der Waals surface area contributed by atoms with Crippen LogP contribution in [0.1, 0.15) is 20.3 Å². The predicted molar refractivity (Wildman–Crippen MR) is 74.4 cm³/mol. The molecule has 1 atom stereocenters. The Morgan fingerprint density at radius 2 is 2.06 bits per heavy atom. The molecule has 2 rings (SSSR count). The summed E-state index contributed by atoms with van der Waals surface area (Å²) in [4.78, 5) is 4.02. The van der Waals surface area contributed by atoms with Crippen molar-refractivity contribution in [1.29, 1.82) is 0 Å². The van der Waals surface area contributed by atoms with Gasteiger partial charge in [-0.2, -0.15) is 0 Å². The van der Waals surface area contributed by atoms with Crippen molar-refractivity contribution >= 4 is 24.8 Å². The zero-order valence-electron chi connectivity index (χ0n) is 10.4. The number of pyridine rings is 1. The van der Waals surface area contributed by atoms with Crippen molar-refractivity contribution < 1.29 is 4.74 Å². The van der Waals surface area contributed by atoms with Gasteiger partial charge in [0.25, 0.3) is 0 Å². The topological polar surface area (TPSA) is 34.1 Å². The first-order chi connectivity index (χ1) is 7.10. The Bertz CT molecular complexity index is 346. The van der Waals surface area contributed by atoms with Gasteiger partial charge in [0.2, 0.25) is 0 Å². The van der Waals surface area contributed by atoms with Crippen LogP contribution in [0.15, 0.2) is 24.5 Å². The second-order valence-electron chi connectivity index (χ2n) is 4.87. The number of rotatable bonds is 4. The summed E-state index contributed by atoms with van der Waals surface area (Å²) in [6.45, 7) is 5.23. The second-order valence-corrected chi connectivity index (χ2v) is 4.87. The van der Waals surface area contributed by atoms with Crippen LogP contribution in [0.3, 0.4) is 0 Å². The summed E-state index contributed by atoms with van der Waals surface area (Å²) in [7, 11) is 2.00. The van der Waals surface area contributed by atoms with E-state index in [4.69, 9.17) is 4.74 Å². The van der Waals surface area contributed by atoms with Crippen molar-refractivity contribution in [3.63, 3.8) is 0 Å². The van der Waals surface area contributed by atoms with Gasteiger partial charge in [0.1, 0.15) is 12.4 Å². The fraction of sp³-hybridized carbons (Fsp3) is 0.583. The van der Waals surface area contributed by atoms with Crippen LogP contribution in [0.5, 0.6) is 5.75 Å². The molecule has 0 unspecified atom stereocenters. The Balaban J connectivity index is 0.00000128. The Labute approximate surface area is 115 Å². The van der Waals surface area contributed by atoms with E-state index in [2.05, 4.69) is 24.1 Å². The first kappa shape index (κ1) is 16.5. The van der Waals surface area contributed by atoms with E-state index < -0.39 is 0 Å². The SMILES string of the molecule is CN[C@]1(COc2cccnc2)CC1(C)C.Cl.Cl. The number of nitrogens with zero attached hydrogens (tertiary/aromatic N) is 1. The number of likely N-dealkylation sites (N-methyl/N-ethyl adjacent to an activating group) is 1. The molecule has 0 radical (unpaired) electrons. The molecule has 0 amide bonds. The van der Waals surface area contributed by atoms with Gasteiger partial charge in [0, 0.05) is 6.20 Å². The third kappa shape index (κ3) is 3.24. The first-order valence-corrected chi connectivity index (χ1v) is 5.31. The molecular weight excluding hydrogens is 259 g/mol. The molecule has 5 heteroatoms. The van der Waals surface area contributed by atoms with Crippen molar-refractivity contribution in [3.05, 3.63) is 24.5 Å². The van der Waals surface area contributed by atoms with Gasteiger partial charge in [-0.1, -0.05) is 13.8 Å². The maximum absolute atomic E-state index is 5.73. The molecule has 17 heavy (non-hydrogen) atoms. The van der Waals surface area contributed by atoms with E-state index in [1.165, 1.54) is 0 Å². The summed E-state index contributed by atoms with van der Waals surface area (Å²) in [6.07, 6.45) is 4.66. The standard InChI is InChI=1S/C12H18N2O.2ClH/c1-11(2)8-12(11,13-3)9-15-10-5-4-6-14-7-10;;/h4-7,13H,8-9H2,1-3H3;2*1H/t12-;;/m0../s1. The highest BCUT2D eigenvalue weighted by Crippen LogP contribution is 2.55.